The molecule has 0 unspecified atom stereocenters. The van der Waals surface area contributed by atoms with E-state index < -0.39 is 0 Å². The van der Waals surface area contributed by atoms with E-state index in [1.54, 1.807) is 0 Å². The monoisotopic (exact) mass is 719 g/mol. The third-order valence-corrected chi connectivity index (χ3v) is 12.1. The lowest BCUT2D eigenvalue weighted by Gasteiger charge is -2.26. The summed E-state index contributed by atoms with van der Waals surface area (Å²) in [5.41, 5.74) is 12.1. The van der Waals surface area contributed by atoms with E-state index in [2.05, 4.69) is 193 Å². The lowest BCUT2D eigenvalue weighted by molar-refractivity contribution is 0.670. The number of nitrogens with zero attached hydrogens (tertiary/aromatic N) is 1. The van der Waals surface area contributed by atoms with Crippen molar-refractivity contribution < 1.29 is 4.42 Å². The normalized spacial score (nSPS) is 11.6. The number of thiophene rings is 1. The number of para-hydroxylation sites is 2. The first-order chi connectivity index (χ1) is 27.2. The van der Waals surface area contributed by atoms with Crippen molar-refractivity contribution in [1.82, 2.24) is 0 Å². The van der Waals surface area contributed by atoms with Gasteiger partial charge in [-0.15, -0.1) is 11.3 Å². The molecule has 0 aliphatic heterocycles. The minimum Gasteiger partial charge on any atom is -0.455 e. The van der Waals surface area contributed by atoms with Gasteiger partial charge in [0.1, 0.15) is 11.2 Å². The minimum absolute atomic E-state index is 0.909. The van der Waals surface area contributed by atoms with Crippen LogP contribution in [0.15, 0.2) is 205 Å². The zero-order valence-corrected chi connectivity index (χ0v) is 30.6. The molecule has 0 aliphatic carbocycles. The van der Waals surface area contributed by atoms with Gasteiger partial charge in [-0.1, -0.05) is 146 Å². The molecule has 0 atom stereocenters. The Labute approximate surface area is 322 Å². The molecule has 9 aromatic carbocycles. The van der Waals surface area contributed by atoms with E-state index in [1.807, 2.05) is 23.5 Å². The van der Waals surface area contributed by atoms with Crippen LogP contribution in [0.2, 0.25) is 0 Å². The fraction of sp³-hybridized carbons (Fsp3) is 0. The van der Waals surface area contributed by atoms with Gasteiger partial charge in [-0.25, -0.2) is 0 Å². The van der Waals surface area contributed by atoms with Crippen LogP contribution in [-0.4, -0.2) is 0 Å². The zero-order valence-electron chi connectivity index (χ0n) is 29.8. The number of benzene rings is 9. The summed E-state index contributed by atoms with van der Waals surface area (Å²) >= 11 is 1.88. The summed E-state index contributed by atoms with van der Waals surface area (Å²) in [6.45, 7) is 0. The summed E-state index contributed by atoms with van der Waals surface area (Å²) in [5, 5.41) is 7.51. The Kier molecular flexibility index (Phi) is 7.39. The van der Waals surface area contributed by atoms with E-state index in [-0.39, 0.29) is 0 Å². The Balaban J connectivity index is 0.985. The molecule has 3 heteroatoms. The first-order valence-electron chi connectivity index (χ1n) is 18.7. The quantitative estimate of drug-likeness (QED) is 0.170. The van der Waals surface area contributed by atoms with Crippen LogP contribution in [0.4, 0.5) is 17.1 Å². The van der Waals surface area contributed by atoms with Gasteiger partial charge in [0.25, 0.3) is 0 Å². The van der Waals surface area contributed by atoms with Crippen LogP contribution in [0.1, 0.15) is 0 Å². The molecule has 0 fully saturated rings. The maximum atomic E-state index is 6.40. The largest absolute Gasteiger partial charge is 0.455 e. The molecule has 11 rings (SSSR count). The van der Waals surface area contributed by atoms with Crippen LogP contribution in [0, 0.1) is 0 Å². The van der Waals surface area contributed by atoms with Gasteiger partial charge in [-0.05, 0) is 87.8 Å². The van der Waals surface area contributed by atoms with Crippen LogP contribution in [0.3, 0.4) is 0 Å². The minimum atomic E-state index is 0.909. The summed E-state index contributed by atoms with van der Waals surface area (Å²) in [7, 11) is 0. The number of furan rings is 1. The number of fused-ring (bicyclic) bond motifs is 8. The highest BCUT2D eigenvalue weighted by Crippen LogP contribution is 2.42. The summed E-state index contributed by atoms with van der Waals surface area (Å²) < 4.78 is 9.08. The van der Waals surface area contributed by atoms with Crippen LogP contribution < -0.4 is 4.90 Å². The summed E-state index contributed by atoms with van der Waals surface area (Å²) in [5.74, 6) is 0. The predicted octanol–water partition coefficient (Wildman–Crippen LogP) is 15.6. The average Bonchev–Trinajstić information content (AvgIpc) is 3.84. The molecule has 0 radical (unpaired) electrons. The van der Waals surface area contributed by atoms with Gasteiger partial charge in [-0.3, -0.25) is 0 Å². The molecule has 0 spiro atoms. The van der Waals surface area contributed by atoms with Gasteiger partial charge in [0, 0.05) is 59.0 Å². The maximum Gasteiger partial charge on any atom is 0.143 e. The number of hydrogen-bond acceptors (Lipinski definition) is 3. The number of rotatable bonds is 6. The Hall–Kier alpha value is -6.94. The van der Waals surface area contributed by atoms with Crippen molar-refractivity contribution in [3.63, 3.8) is 0 Å². The Bertz CT molecular complexity index is 3170. The molecule has 2 aromatic heterocycles. The highest BCUT2D eigenvalue weighted by molar-refractivity contribution is 7.26. The first-order valence-corrected chi connectivity index (χ1v) is 19.5. The lowest BCUT2D eigenvalue weighted by atomic mass is 9.99. The van der Waals surface area contributed by atoms with E-state index >= 15 is 0 Å². The summed E-state index contributed by atoms with van der Waals surface area (Å²) in [6.07, 6.45) is 0. The van der Waals surface area contributed by atoms with Gasteiger partial charge in [0.05, 0.1) is 0 Å². The van der Waals surface area contributed by atoms with Crippen molar-refractivity contribution in [2.75, 3.05) is 4.90 Å². The molecule has 0 amide bonds. The fourth-order valence-electron chi connectivity index (χ4n) is 8.13. The molecule has 55 heavy (non-hydrogen) atoms. The zero-order chi connectivity index (χ0) is 36.3. The van der Waals surface area contributed by atoms with Gasteiger partial charge in [-0.2, -0.15) is 0 Å². The molecule has 258 valence electrons. The van der Waals surface area contributed by atoms with E-state index in [1.165, 1.54) is 53.2 Å². The second-order valence-electron chi connectivity index (χ2n) is 14.1. The molecule has 0 aliphatic rings. The predicted molar refractivity (Wildman–Crippen MR) is 235 cm³/mol. The molecule has 0 bridgehead atoms. The Morgan fingerprint density at radius 1 is 0.364 bits per heavy atom. The lowest BCUT2D eigenvalue weighted by Crippen LogP contribution is -2.09. The smallest absolute Gasteiger partial charge is 0.143 e. The van der Waals surface area contributed by atoms with E-state index in [0.29, 0.717) is 0 Å². The van der Waals surface area contributed by atoms with Crippen LogP contribution in [0.25, 0.3) is 86.3 Å². The number of anilines is 3. The van der Waals surface area contributed by atoms with Crippen molar-refractivity contribution in [1.29, 1.82) is 0 Å². The Morgan fingerprint density at radius 2 is 0.927 bits per heavy atom. The molecule has 2 nitrogen and oxygen atoms in total. The third-order valence-electron chi connectivity index (χ3n) is 10.9. The second-order valence-corrected chi connectivity index (χ2v) is 15.2. The second kappa shape index (κ2) is 12.9. The van der Waals surface area contributed by atoms with Crippen molar-refractivity contribution in [2.24, 2.45) is 0 Å². The van der Waals surface area contributed by atoms with Crippen LogP contribution >= 0.6 is 11.3 Å². The third kappa shape index (κ3) is 5.40. The topological polar surface area (TPSA) is 16.4 Å². The fourth-order valence-corrected chi connectivity index (χ4v) is 9.36. The van der Waals surface area contributed by atoms with E-state index in [0.717, 1.165) is 50.1 Å². The van der Waals surface area contributed by atoms with Crippen molar-refractivity contribution in [2.45, 2.75) is 0 Å². The molecule has 0 N–H and O–H groups in total. The van der Waals surface area contributed by atoms with Crippen LogP contribution in [-0.2, 0) is 0 Å². The molecule has 2 heterocycles. The van der Waals surface area contributed by atoms with E-state index in [9.17, 15) is 0 Å². The van der Waals surface area contributed by atoms with Gasteiger partial charge in [0.2, 0.25) is 0 Å². The number of hydrogen-bond donors (Lipinski definition) is 0. The summed E-state index contributed by atoms with van der Waals surface area (Å²) in [6, 6.07) is 72.1. The SMILES string of the molecule is c1ccc(-c2ccc(N(c3ccc(-c4ccc5ccc6c7ccccc7sc6c5c4)cc3)c3ccc(-c4cccc5c4oc4ccccc45)cc3)cc2)cc1. The Morgan fingerprint density at radius 3 is 1.67 bits per heavy atom. The standard InChI is InChI=1S/C52H33NOS/c1-2-9-34(10-3-1)35-19-26-40(27-20-35)53(42-30-23-37(24-31-42)43-13-8-14-46-44-11-4-6-15-49(44)54-51(43)46)41-28-21-36(22-29-41)39-18-17-38-25-32-47-45-12-5-7-16-50(45)55-52(47)48(38)33-39/h1-33H. The molecule has 0 saturated heterocycles. The van der Waals surface area contributed by atoms with Crippen molar-refractivity contribution in [3.05, 3.63) is 200 Å². The van der Waals surface area contributed by atoms with Crippen LogP contribution in [0.5, 0.6) is 0 Å². The summed E-state index contributed by atoms with van der Waals surface area (Å²) in [4.78, 5) is 2.34. The average molecular weight is 720 g/mol. The van der Waals surface area contributed by atoms with E-state index in [4.69, 9.17) is 4.42 Å². The first kappa shape index (κ1) is 31.6. The molecular formula is C52H33NOS. The highest BCUT2D eigenvalue weighted by Gasteiger charge is 2.16. The van der Waals surface area contributed by atoms with Gasteiger partial charge in [0.15, 0.2) is 0 Å². The van der Waals surface area contributed by atoms with Gasteiger partial charge < -0.3 is 9.32 Å². The molecular weight excluding hydrogens is 687 g/mol. The van der Waals surface area contributed by atoms with Crippen molar-refractivity contribution in [3.8, 4) is 33.4 Å². The molecule has 0 saturated carbocycles. The highest BCUT2D eigenvalue weighted by atomic mass is 32.1. The van der Waals surface area contributed by atoms with Crippen molar-refractivity contribution >= 4 is 81.3 Å². The maximum absolute atomic E-state index is 6.40. The molecule has 11 aromatic rings. The van der Waals surface area contributed by atoms with Gasteiger partial charge >= 0.3 is 0 Å².